The topological polar surface area (TPSA) is 57.8 Å². The maximum atomic E-state index is 11.5. The first-order valence-corrected chi connectivity index (χ1v) is 6.62. The van der Waals surface area contributed by atoms with Crippen molar-refractivity contribution in [2.24, 2.45) is 5.92 Å². The third-order valence-electron chi connectivity index (χ3n) is 3.70. The van der Waals surface area contributed by atoms with Crippen LogP contribution < -0.4 is 10.9 Å². The van der Waals surface area contributed by atoms with Gasteiger partial charge in [-0.05, 0) is 18.8 Å². The quantitative estimate of drug-likeness (QED) is 0.807. The summed E-state index contributed by atoms with van der Waals surface area (Å²) in [5.41, 5.74) is 0.872. The van der Waals surface area contributed by atoms with Crippen molar-refractivity contribution in [3.05, 3.63) is 27.9 Å². The molecule has 0 atom stereocenters. The summed E-state index contributed by atoms with van der Waals surface area (Å²) in [6.07, 6.45) is 7.36. The third-order valence-corrected chi connectivity index (χ3v) is 3.70. The monoisotopic (exact) mass is 233 g/mol. The van der Waals surface area contributed by atoms with Crippen LogP contribution in [0.25, 0.3) is 0 Å². The zero-order valence-electron chi connectivity index (χ0n) is 10.0. The van der Waals surface area contributed by atoms with Crippen LogP contribution >= 0.6 is 0 Å². The van der Waals surface area contributed by atoms with Crippen LogP contribution in [0.5, 0.6) is 0 Å². The second-order valence-electron chi connectivity index (χ2n) is 5.34. The summed E-state index contributed by atoms with van der Waals surface area (Å²) < 4.78 is 0. The zero-order chi connectivity index (χ0) is 11.7. The Morgan fingerprint density at radius 1 is 1.35 bits per heavy atom. The van der Waals surface area contributed by atoms with Gasteiger partial charge in [0.2, 0.25) is 0 Å². The molecular weight excluding hydrogens is 214 g/mol. The van der Waals surface area contributed by atoms with E-state index in [0.29, 0.717) is 6.04 Å². The lowest BCUT2D eigenvalue weighted by atomic mass is 9.83. The highest BCUT2D eigenvalue weighted by Gasteiger charge is 2.21. The van der Waals surface area contributed by atoms with Gasteiger partial charge in [-0.1, -0.05) is 19.3 Å². The minimum Gasteiger partial charge on any atom is -0.311 e. The van der Waals surface area contributed by atoms with Crippen LogP contribution in [-0.4, -0.2) is 16.0 Å². The Labute approximate surface area is 101 Å². The fourth-order valence-electron chi connectivity index (χ4n) is 2.26. The largest absolute Gasteiger partial charge is 0.311 e. The fourth-order valence-corrected chi connectivity index (χ4v) is 2.26. The normalized spacial score (nSPS) is 20.2. The molecule has 2 fully saturated rings. The molecule has 1 heterocycles. The summed E-state index contributed by atoms with van der Waals surface area (Å²) in [5, 5.41) is 3.39. The van der Waals surface area contributed by atoms with E-state index in [0.717, 1.165) is 30.4 Å². The Kier molecular flexibility index (Phi) is 2.97. The molecule has 0 unspecified atom stereocenters. The molecule has 0 spiro atoms. The SMILES string of the molecule is O=c1cc(CNC2CC2)nc(CC2CCC2)[nH]1. The van der Waals surface area contributed by atoms with E-state index >= 15 is 0 Å². The third kappa shape index (κ3) is 2.94. The van der Waals surface area contributed by atoms with Crippen molar-refractivity contribution < 1.29 is 0 Å². The van der Waals surface area contributed by atoms with Crippen molar-refractivity contribution in [3.8, 4) is 0 Å². The minimum atomic E-state index is -0.0121. The fraction of sp³-hybridized carbons (Fsp3) is 0.692. The van der Waals surface area contributed by atoms with Crippen LogP contribution in [0.3, 0.4) is 0 Å². The van der Waals surface area contributed by atoms with E-state index in [9.17, 15) is 4.79 Å². The summed E-state index contributed by atoms with van der Waals surface area (Å²) in [7, 11) is 0. The molecule has 1 aromatic heterocycles. The highest BCUT2D eigenvalue weighted by Crippen LogP contribution is 2.28. The molecule has 4 nitrogen and oxygen atoms in total. The number of nitrogens with zero attached hydrogens (tertiary/aromatic N) is 1. The van der Waals surface area contributed by atoms with Gasteiger partial charge in [-0.2, -0.15) is 0 Å². The van der Waals surface area contributed by atoms with Crippen molar-refractivity contribution in [3.63, 3.8) is 0 Å². The second-order valence-corrected chi connectivity index (χ2v) is 5.34. The van der Waals surface area contributed by atoms with Gasteiger partial charge in [0.05, 0.1) is 5.69 Å². The average molecular weight is 233 g/mol. The smallest absolute Gasteiger partial charge is 0.251 e. The maximum Gasteiger partial charge on any atom is 0.251 e. The molecule has 2 aliphatic rings. The second kappa shape index (κ2) is 4.61. The molecule has 0 radical (unpaired) electrons. The number of aromatic nitrogens is 2. The molecule has 2 aliphatic carbocycles. The van der Waals surface area contributed by atoms with E-state index in [-0.39, 0.29) is 5.56 Å². The first-order valence-electron chi connectivity index (χ1n) is 6.62. The number of hydrogen-bond donors (Lipinski definition) is 2. The molecule has 2 N–H and O–H groups in total. The van der Waals surface area contributed by atoms with Gasteiger partial charge in [-0.15, -0.1) is 0 Å². The molecule has 0 bridgehead atoms. The highest BCUT2D eigenvalue weighted by molar-refractivity contribution is 5.04. The lowest BCUT2D eigenvalue weighted by Crippen LogP contribution is -2.22. The molecule has 1 aromatic rings. The number of nitrogens with one attached hydrogen (secondary N) is 2. The van der Waals surface area contributed by atoms with E-state index in [2.05, 4.69) is 15.3 Å². The van der Waals surface area contributed by atoms with Crippen molar-refractivity contribution >= 4 is 0 Å². The Balaban J connectivity index is 1.66. The molecule has 0 amide bonds. The van der Waals surface area contributed by atoms with Gasteiger partial charge in [0.15, 0.2) is 0 Å². The average Bonchev–Trinajstić information content (AvgIpc) is 3.04. The van der Waals surface area contributed by atoms with E-state index < -0.39 is 0 Å². The predicted octanol–water partition coefficient (Wildman–Crippen LogP) is 1.36. The number of hydrogen-bond acceptors (Lipinski definition) is 3. The lowest BCUT2D eigenvalue weighted by Gasteiger charge is -2.24. The Morgan fingerprint density at radius 2 is 2.18 bits per heavy atom. The van der Waals surface area contributed by atoms with Crippen LogP contribution in [0, 0.1) is 5.92 Å². The van der Waals surface area contributed by atoms with Crippen LogP contribution in [0.15, 0.2) is 10.9 Å². The lowest BCUT2D eigenvalue weighted by molar-refractivity contribution is 0.308. The van der Waals surface area contributed by atoms with Crippen LogP contribution in [0.1, 0.15) is 43.6 Å². The van der Waals surface area contributed by atoms with E-state index in [1.54, 1.807) is 6.07 Å². The molecular formula is C13H19N3O. The van der Waals surface area contributed by atoms with Gasteiger partial charge in [-0.25, -0.2) is 4.98 Å². The minimum absolute atomic E-state index is 0.0121. The molecule has 0 saturated heterocycles. The maximum absolute atomic E-state index is 11.5. The molecule has 0 aromatic carbocycles. The number of rotatable bonds is 5. The summed E-state index contributed by atoms with van der Waals surface area (Å²) >= 11 is 0. The molecule has 3 rings (SSSR count). The predicted molar refractivity (Wildman–Crippen MR) is 65.8 cm³/mol. The first-order chi connectivity index (χ1) is 8.29. The van der Waals surface area contributed by atoms with Crippen LogP contribution in [0.2, 0.25) is 0 Å². The van der Waals surface area contributed by atoms with Crippen LogP contribution in [0.4, 0.5) is 0 Å². The first kappa shape index (κ1) is 11.0. The standard InChI is InChI=1S/C13H19N3O/c17-13-7-11(8-14-10-4-5-10)15-12(16-13)6-9-2-1-3-9/h7,9-10,14H,1-6,8H2,(H,15,16,17). The van der Waals surface area contributed by atoms with Gasteiger partial charge in [0.25, 0.3) is 5.56 Å². The zero-order valence-corrected chi connectivity index (χ0v) is 10.0. The highest BCUT2D eigenvalue weighted by atomic mass is 16.1. The van der Waals surface area contributed by atoms with Crippen molar-refractivity contribution in [2.45, 2.75) is 51.1 Å². The van der Waals surface area contributed by atoms with E-state index in [1.165, 1.54) is 32.1 Å². The van der Waals surface area contributed by atoms with Crippen molar-refractivity contribution in [1.82, 2.24) is 15.3 Å². The molecule has 17 heavy (non-hydrogen) atoms. The number of H-pyrrole nitrogens is 1. The Morgan fingerprint density at radius 3 is 2.82 bits per heavy atom. The van der Waals surface area contributed by atoms with Crippen molar-refractivity contribution in [2.75, 3.05) is 0 Å². The van der Waals surface area contributed by atoms with Gasteiger partial charge in [0, 0.05) is 25.1 Å². The van der Waals surface area contributed by atoms with Gasteiger partial charge in [0.1, 0.15) is 5.82 Å². The molecule has 0 aliphatic heterocycles. The van der Waals surface area contributed by atoms with Gasteiger partial charge >= 0.3 is 0 Å². The van der Waals surface area contributed by atoms with Crippen LogP contribution in [-0.2, 0) is 13.0 Å². The van der Waals surface area contributed by atoms with Gasteiger partial charge in [-0.3, -0.25) is 4.79 Å². The summed E-state index contributed by atoms with van der Waals surface area (Å²) in [6, 6.07) is 2.27. The van der Waals surface area contributed by atoms with E-state index in [1.807, 2.05) is 0 Å². The summed E-state index contributed by atoms with van der Waals surface area (Å²) in [4.78, 5) is 18.9. The Hall–Kier alpha value is -1.16. The molecule has 4 heteroatoms. The van der Waals surface area contributed by atoms with E-state index in [4.69, 9.17) is 0 Å². The number of aromatic amines is 1. The summed E-state index contributed by atoms with van der Waals surface area (Å²) in [6.45, 7) is 0.728. The molecule has 92 valence electrons. The van der Waals surface area contributed by atoms with Crippen molar-refractivity contribution in [1.29, 1.82) is 0 Å². The Bertz CT molecular complexity index is 446. The van der Waals surface area contributed by atoms with Gasteiger partial charge < -0.3 is 10.3 Å². The summed E-state index contributed by atoms with van der Waals surface area (Å²) in [5.74, 6) is 1.61. The molecule has 2 saturated carbocycles.